The predicted molar refractivity (Wildman–Crippen MR) is 83.7 cm³/mol. The van der Waals surface area contributed by atoms with Crippen LogP contribution in [-0.4, -0.2) is 49.1 Å². The Labute approximate surface area is 142 Å². The Hall–Kier alpha value is -1.16. The molecule has 0 spiro atoms. The van der Waals surface area contributed by atoms with Crippen molar-refractivity contribution >= 4 is 36.2 Å². The number of nitrogens with one attached hydrogen (secondary N) is 2. The van der Waals surface area contributed by atoms with Crippen molar-refractivity contribution in [3.8, 4) is 5.75 Å². The van der Waals surface area contributed by atoms with Gasteiger partial charge in [-0.25, -0.2) is 0 Å². The maximum absolute atomic E-state index is 12.9. The number of anilines is 2. The van der Waals surface area contributed by atoms with Gasteiger partial charge in [0.1, 0.15) is 5.75 Å². The summed E-state index contributed by atoms with van der Waals surface area (Å²) in [6, 6.07) is 3.79. The molecule has 0 unspecified atom stereocenters. The zero-order valence-corrected chi connectivity index (χ0v) is 13.4. The van der Waals surface area contributed by atoms with Gasteiger partial charge in [0.05, 0.1) is 18.9 Å². The number of ether oxygens (including phenoxy) is 1. The highest BCUT2D eigenvalue weighted by Gasteiger charge is 2.44. The van der Waals surface area contributed by atoms with Crippen LogP contribution in [0.3, 0.4) is 0 Å². The first-order valence-corrected chi connectivity index (χ1v) is 6.09. The molecule has 5 nitrogen and oxygen atoms in total. The first-order chi connectivity index (χ1) is 9.90. The molecule has 11 heteroatoms. The van der Waals surface area contributed by atoms with Crippen LogP contribution in [0.15, 0.2) is 18.2 Å². The summed E-state index contributed by atoms with van der Waals surface area (Å²) in [4.78, 5) is 0. The fourth-order valence-corrected chi connectivity index (χ4v) is 1.45. The maximum atomic E-state index is 12.9. The quantitative estimate of drug-likeness (QED) is 0.492. The van der Waals surface area contributed by atoms with Gasteiger partial charge in [-0.05, 0) is 18.2 Å². The fraction of sp³-hybridized carbons (Fsp3) is 0.500. The van der Waals surface area contributed by atoms with E-state index in [0.29, 0.717) is 5.69 Å². The summed E-state index contributed by atoms with van der Waals surface area (Å²) in [5.41, 5.74) is 0.490. The van der Waals surface area contributed by atoms with E-state index in [1.165, 1.54) is 12.1 Å². The van der Waals surface area contributed by atoms with Crippen LogP contribution in [0.2, 0.25) is 0 Å². The third-order valence-corrected chi connectivity index (χ3v) is 2.35. The molecule has 0 heterocycles. The van der Waals surface area contributed by atoms with Crippen LogP contribution in [0.4, 0.5) is 28.9 Å². The zero-order chi connectivity index (χ0) is 15.9. The summed E-state index contributed by atoms with van der Waals surface area (Å²) in [5.74, 6) is -0.469. The Morgan fingerprint density at radius 2 is 1.61 bits per heavy atom. The first-order valence-electron chi connectivity index (χ1n) is 6.09. The standard InChI is InChI=1S/C12H16F4N2O3.2ClH/c13-11(14)12(15,16)21-10-2-1-8(17-3-5-19)7-9(10)18-4-6-20;;/h1-2,7,11,17-20H,3-6H2;2*1H. The van der Waals surface area contributed by atoms with E-state index in [1.807, 2.05) is 0 Å². The highest BCUT2D eigenvalue weighted by Crippen LogP contribution is 2.34. The van der Waals surface area contributed by atoms with Crippen LogP contribution >= 0.6 is 24.8 Å². The van der Waals surface area contributed by atoms with Gasteiger partial charge in [-0.3, -0.25) is 0 Å². The number of benzene rings is 1. The SMILES string of the molecule is Cl.Cl.OCCNc1ccc(OC(F)(F)C(F)F)c(NCCO)c1. The number of halogens is 6. The van der Waals surface area contributed by atoms with E-state index < -0.39 is 18.3 Å². The minimum Gasteiger partial charge on any atom is -0.426 e. The van der Waals surface area contributed by atoms with Gasteiger partial charge in [-0.15, -0.1) is 24.8 Å². The minimum absolute atomic E-state index is 0. The molecule has 1 aromatic rings. The molecule has 0 aromatic heterocycles. The smallest absolute Gasteiger partial charge is 0.426 e. The minimum atomic E-state index is -4.62. The van der Waals surface area contributed by atoms with Crippen LogP contribution < -0.4 is 15.4 Å². The monoisotopic (exact) mass is 384 g/mol. The Balaban J connectivity index is 0. The third kappa shape index (κ3) is 7.78. The molecule has 0 aliphatic heterocycles. The average molecular weight is 385 g/mol. The van der Waals surface area contributed by atoms with E-state index in [0.717, 1.165) is 6.07 Å². The Kier molecular flexibility index (Phi) is 11.9. The lowest BCUT2D eigenvalue weighted by Gasteiger charge is -2.20. The van der Waals surface area contributed by atoms with Gasteiger partial charge in [0, 0.05) is 18.8 Å². The van der Waals surface area contributed by atoms with Crippen molar-refractivity contribution in [2.24, 2.45) is 0 Å². The molecule has 0 aliphatic carbocycles. The number of aliphatic hydroxyl groups excluding tert-OH is 2. The lowest BCUT2D eigenvalue weighted by atomic mass is 10.2. The van der Waals surface area contributed by atoms with Crippen molar-refractivity contribution in [1.29, 1.82) is 0 Å². The van der Waals surface area contributed by atoms with Gasteiger partial charge in [0.25, 0.3) is 0 Å². The van der Waals surface area contributed by atoms with E-state index in [1.54, 1.807) is 0 Å². The van der Waals surface area contributed by atoms with Crippen molar-refractivity contribution in [2.45, 2.75) is 12.5 Å². The molecule has 0 saturated heterocycles. The number of aliphatic hydroxyl groups is 2. The summed E-state index contributed by atoms with van der Waals surface area (Å²) in [7, 11) is 0. The highest BCUT2D eigenvalue weighted by atomic mass is 35.5. The van der Waals surface area contributed by atoms with Gasteiger partial charge in [-0.2, -0.15) is 17.6 Å². The summed E-state index contributed by atoms with van der Waals surface area (Å²) in [5, 5.41) is 22.8. The number of hydrogen-bond acceptors (Lipinski definition) is 5. The zero-order valence-electron chi connectivity index (χ0n) is 11.8. The molecule has 0 radical (unpaired) electrons. The molecule has 4 N–H and O–H groups in total. The summed E-state index contributed by atoms with van der Waals surface area (Å²) >= 11 is 0. The van der Waals surface area contributed by atoms with Crippen molar-refractivity contribution in [2.75, 3.05) is 36.9 Å². The lowest BCUT2D eigenvalue weighted by Crippen LogP contribution is -2.33. The van der Waals surface area contributed by atoms with Crippen molar-refractivity contribution in [3.63, 3.8) is 0 Å². The molecule has 0 fully saturated rings. The Morgan fingerprint density at radius 3 is 2.13 bits per heavy atom. The summed E-state index contributed by atoms with van der Waals surface area (Å²) < 4.78 is 54.2. The van der Waals surface area contributed by atoms with Crippen LogP contribution in [0.25, 0.3) is 0 Å². The third-order valence-electron chi connectivity index (χ3n) is 2.35. The van der Waals surface area contributed by atoms with Crippen molar-refractivity contribution in [1.82, 2.24) is 0 Å². The lowest BCUT2D eigenvalue weighted by molar-refractivity contribution is -0.252. The largest absolute Gasteiger partial charge is 0.461 e. The first kappa shape index (κ1) is 24.1. The average Bonchev–Trinajstić information content (AvgIpc) is 2.44. The second kappa shape index (κ2) is 11.4. The molecule has 0 saturated carbocycles. The Bertz CT molecular complexity index is 456. The predicted octanol–water partition coefficient (Wildman–Crippen LogP) is 2.58. The van der Waals surface area contributed by atoms with E-state index in [4.69, 9.17) is 10.2 Å². The molecule has 1 rings (SSSR count). The van der Waals surface area contributed by atoms with Gasteiger partial charge in [0.2, 0.25) is 0 Å². The van der Waals surface area contributed by atoms with E-state index in [9.17, 15) is 17.6 Å². The van der Waals surface area contributed by atoms with E-state index >= 15 is 0 Å². The molecule has 0 aliphatic rings. The Morgan fingerprint density at radius 1 is 1.04 bits per heavy atom. The van der Waals surface area contributed by atoms with Gasteiger partial charge in [-0.1, -0.05) is 0 Å². The molecule has 1 aromatic carbocycles. The highest BCUT2D eigenvalue weighted by molar-refractivity contribution is 5.85. The summed E-state index contributed by atoms with van der Waals surface area (Å²) in [6.07, 6.45) is -8.58. The molecule has 0 amide bonds. The second-order valence-electron chi connectivity index (χ2n) is 3.98. The van der Waals surface area contributed by atoms with Crippen LogP contribution in [0.5, 0.6) is 5.75 Å². The molecule has 0 bridgehead atoms. The second-order valence-corrected chi connectivity index (χ2v) is 3.98. The van der Waals surface area contributed by atoms with Crippen molar-refractivity contribution in [3.05, 3.63) is 18.2 Å². The van der Waals surface area contributed by atoms with Crippen LogP contribution in [0.1, 0.15) is 0 Å². The van der Waals surface area contributed by atoms with Crippen molar-refractivity contribution < 1.29 is 32.5 Å². The molecular weight excluding hydrogens is 367 g/mol. The number of hydrogen-bond donors (Lipinski definition) is 4. The summed E-state index contributed by atoms with van der Waals surface area (Å²) in [6.45, 7) is -0.160. The topological polar surface area (TPSA) is 73.8 Å². The molecule has 136 valence electrons. The van der Waals surface area contributed by atoms with E-state index in [2.05, 4.69) is 15.4 Å². The fourth-order valence-electron chi connectivity index (χ4n) is 1.45. The van der Waals surface area contributed by atoms with Crippen LogP contribution in [0, 0.1) is 0 Å². The van der Waals surface area contributed by atoms with Gasteiger partial charge in [0.15, 0.2) is 0 Å². The molecule has 0 atom stereocenters. The van der Waals surface area contributed by atoms with Gasteiger partial charge < -0.3 is 25.6 Å². The number of rotatable bonds is 9. The normalized spacial score (nSPS) is 10.6. The number of alkyl halides is 4. The molecular formula is C12H18Cl2F4N2O3. The molecule has 23 heavy (non-hydrogen) atoms. The van der Waals surface area contributed by atoms with E-state index in [-0.39, 0.29) is 56.8 Å². The van der Waals surface area contributed by atoms with Crippen LogP contribution in [-0.2, 0) is 0 Å². The van der Waals surface area contributed by atoms with Gasteiger partial charge >= 0.3 is 12.5 Å². The maximum Gasteiger partial charge on any atom is 0.461 e.